The maximum atomic E-state index is 10.9. The van der Waals surface area contributed by atoms with Crippen molar-refractivity contribution in [3.05, 3.63) is 23.8 Å². The van der Waals surface area contributed by atoms with Gasteiger partial charge in [0.25, 0.3) is 0 Å². The SMILES string of the molecule is CCCOCCOc1cc(OCCC)ccc1C=O. The van der Waals surface area contributed by atoms with Gasteiger partial charge in [-0.2, -0.15) is 0 Å². The summed E-state index contributed by atoms with van der Waals surface area (Å²) >= 11 is 0. The molecule has 1 aromatic rings. The van der Waals surface area contributed by atoms with E-state index in [-0.39, 0.29) is 0 Å². The number of rotatable bonds is 10. The fourth-order valence-corrected chi connectivity index (χ4v) is 1.50. The number of benzene rings is 1. The lowest BCUT2D eigenvalue weighted by atomic mass is 10.2. The minimum Gasteiger partial charge on any atom is -0.493 e. The van der Waals surface area contributed by atoms with Crippen molar-refractivity contribution in [2.45, 2.75) is 26.7 Å². The Morgan fingerprint density at radius 1 is 1.00 bits per heavy atom. The normalized spacial score (nSPS) is 10.2. The number of hydrogen-bond donors (Lipinski definition) is 0. The highest BCUT2D eigenvalue weighted by Gasteiger charge is 2.05. The molecule has 0 radical (unpaired) electrons. The highest BCUT2D eigenvalue weighted by atomic mass is 16.5. The Balaban J connectivity index is 2.54. The lowest BCUT2D eigenvalue weighted by molar-refractivity contribution is 0.0990. The minimum atomic E-state index is 0.429. The molecule has 0 saturated heterocycles. The monoisotopic (exact) mass is 266 g/mol. The summed E-state index contributed by atoms with van der Waals surface area (Å²) in [5.74, 6) is 1.26. The molecule has 0 aliphatic rings. The lowest BCUT2D eigenvalue weighted by Gasteiger charge is -2.11. The van der Waals surface area contributed by atoms with Crippen molar-refractivity contribution >= 4 is 6.29 Å². The molecule has 0 unspecified atom stereocenters. The molecular weight excluding hydrogens is 244 g/mol. The van der Waals surface area contributed by atoms with Crippen LogP contribution in [0.15, 0.2) is 18.2 Å². The summed E-state index contributed by atoms with van der Waals surface area (Å²) in [6.45, 7) is 6.43. The van der Waals surface area contributed by atoms with Gasteiger partial charge in [0.2, 0.25) is 0 Å². The zero-order valence-corrected chi connectivity index (χ0v) is 11.7. The first-order valence-corrected chi connectivity index (χ1v) is 6.74. The van der Waals surface area contributed by atoms with Crippen LogP contribution in [0, 0.1) is 0 Å². The van der Waals surface area contributed by atoms with E-state index in [9.17, 15) is 4.79 Å². The smallest absolute Gasteiger partial charge is 0.153 e. The summed E-state index contributed by atoms with van der Waals surface area (Å²) in [5.41, 5.74) is 0.527. The Bertz CT molecular complexity index is 376. The van der Waals surface area contributed by atoms with Gasteiger partial charge < -0.3 is 14.2 Å². The molecule has 4 heteroatoms. The number of ether oxygens (including phenoxy) is 3. The third-order valence-electron chi connectivity index (χ3n) is 2.42. The van der Waals surface area contributed by atoms with E-state index in [4.69, 9.17) is 14.2 Å². The van der Waals surface area contributed by atoms with Crippen molar-refractivity contribution in [1.82, 2.24) is 0 Å². The summed E-state index contributed by atoms with van der Waals surface area (Å²) in [6, 6.07) is 5.24. The van der Waals surface area contributed by atoms with Crippen LogP contribution >= 0.6 is 0 Å². The summed E-state index contributed by atoms with van der Waals surface area (Å²) in [4.78, 5) is 10.9. The molecule has 19 heavy (non-hydrogen) atoms. The van der Waals surface area contributed by atoms with E-state index in [2.05, 4.69) is 6.92 Å². The average Bonchev–Trinajstić information content (AvgIpc) is 2.45. The van der Waals surface area contributed by atoms with E-state index in [1.807, 2.05) is 6.92 Å². The number of aldehydes is 1. The molecule has 0 amide bonds. The van der Waals surface area contributed by atoms with E-state index in [1.165, 1.54) is 0 Å². The number of hydrogen-bond acceptors (Lipinski definition) is 4. The molecule has 106 valence electrons. The Labute approximate surface area is 114 Å². The molecule has 1 aromatic carbocycles. The van der Waals surface area contributed by atoms with Crippen molar-refractivity contribution in [3.8, 4) is 11.5 Å². The van der Waals surface area contributed by atoms with E-state index in [0.717, 1.165) is 31.5 Å². The largest absolute Gasteiger partial charge is 0.493 e. The predicted molar refractivity (Wildman–Crippen MR) is 74.2 cm³/mol. The molecule has 0 aliphatic heterocycles. The van der Waals surface area contributed by atoms with E-state index in [0.29, 0.717) is 31.1 Å². The van der Waals surface area contributed by atoms with Gasteiger partial charge in [0.1, 0.15) is 18.1 Å². The molecule has 0 aromatic heterocycles. The number of carbonyl (C=O) groups is 1. The first kappa shape index (κ1) is 15.5. The molecule has 0 heterocycles. The minimum absolute atomic E-state index is 0.429. The molecule has 0 fully saturated rings. The van der Waals surface area contributed by atoms with Crippen LogP contribution in [-0.4, -0.2) is 32.7 Å². The Morgan fingerprint density at radius 2 is 1.79 bits per heavy atom. The van der Waals surface area contributed by atoms with Gasteiger partial charge in [-0.3, -0.25) is 4.79 Å². The zero-order chi connectivity index (χ0) is 13.9. The molecule has 1 rings (SSSR count). The Morgan fingerprint density at radius 3 is 2.47 bits per heavy atom. The third kappa shape index (κ3) is 5.75. The van der Waals surface area contributed by atoms with Gasteiger partial charge in [0.05, 0.1) is 18.8 Å². The van der Waals surface area contributed by atoms with Gasteiger partial charge in [-0.1, -0.05) is 13.8 Å². The van der Waals surface area contributed by atoms with Crippen LogP contribution in [-0.2, 0) is 4.74 Å². The summed E-state index contributed by atoms with van der Waals surface area (Å²) < 4.78 is 16.4. The Hall–Kier alpha value is -1.55. The lowest BCUT2D eigenvalue weighted by Crippen LogP contribution is -2.08. The maximum Gasteiger partial charge on any atom is 0.153 e. The molecule has 0 atom stereocenters. The van der Waals surface area contributed by atoms with E-state index >= 15 is 0 Å². The molecule has 0 aliphatic carbocycles. The third-order valence-corrected chi connectivity index (χ3v) is 2.42. The van der Waals surface area contributed by atoms with Crippen LogP contribution in [0.3, 0.4) is 0 Å². The maximum absolute atomic E-state index is 10.9. The van der Waals surface area contributed by atoms with Gasteiger partial charge in [-0.25, -0.2) is 0 Å². The predicted octanol–water partition coefficient (Wildman–Crippen LogP) is 3.09. The molecule has 0 saturated carbocycles. The number of carbonyl (C=O) groups excluding carboxylic acids is 1. The van der Waals surface area contributed by atoms with Crippen LogP contribution in [0.4, 0.5) is 0 Å². The topological polar surface area (TPSA) is 44.8 Å². The average molecular weight is 266 g/mol. The van der Waals surface area contributed by atoms with E-state index < -0.39 is 0 Å². The van der Waals surface area contributed by atoms with Crippen molar-refractivity contribution in [1.29, 1.82) is 0 Å². The summed E-state index contributed by atoms with van der Waals surface area (Å²) in [6.07, 6.45) is 2.71. The van der Waals surface area contributed by atoms with Crippen LogP contribution in [0.25, 0.3) is 0 Å². The second-order valence-electron chi connectivity index (χ2n) is 4.13. The molecular formula is C15H22O4. The second-order valence-corrected chi connectivity index (χ2v) is 4.13. The highest BCUT2D eigenvalue weighted by Crippen LogP contribution is 2.23. The molecule has 0 bridgehead atoms. The van der Waals surface area contributed by atoms with Crippen LogP contribution < -0.4 is 9.47 Å². The van der Waals surface area contributed by atoms with Crippen molar-refractivity contribution < 1.29 is 19.0 Å². The molecule has 0 spiro atoms. The fraction of sp³-hybridized carbons (Fsp3) is 0.533. The Kier molecular flexibility index (Phi) is 7.66. The highest BCUT2D eigenvalue weighted by molar-refractivity contribution is 5.79. The van der Waals surface area contributed by atoms with E-state index in [1.54, 1.807) is 18.2 Å². The first-order chi connectivity index (χ1) is 9.31. The van der Waals surface area contributed by atoms with Gasteiger partial charge >= 0.3 is 0 Å². The van der Waals surface area contributed by atoms with Gasteiger partial charge in [0, 0.05) is 12.7 Å². The van der Waals surface area contributed by atoms with Gasteiger partial charge in [0.15, 0.2) is 6.29 Å². The standard InChI is InChI=1S/C15H22O4/c1-3-7-17-9-10-19-15-11-14(18-8-4-2)6-5-13(15)12-16/h5-6,11-12H,3-4,7-10H2,1-2H3. The molecule has 4 nitrogen and oxygen atoms in total. The second kappa shape index (κ2) is 9.39. The van der Waals surface area contributed by atoms with Gasteiger partial charge in [-0.05, 0) is 25.0 Å². The first-order valence-electron chi connectivity index (χ1n) is 6.74. The van der Waals surface area contributed by atoms with Crippen molar-refractivity contribution in [2.75, 3.05) is 26.4 Å². The van der Waals surface area contributed by atoms with Crippen LogP contribution in [0.5, 0.6) is 11.5 Å². The van der Waals surface area contributed by atoms with Crippen molar-refractivity contribution in [2.24, 2.45) is 0 Å². The van der Waals surface area contributed by atoms with Crippen LogP contribution in [0.2, 0.25) is 0 Å². The van der Waals surface area contributed by atoms with Gasteiger partial charge in [-0.15, -0.1) is 0 Å². The van der Waals surface area contributed by atoms with Crippen molar-refractivity contribution in [3.63, 3.8) is 0 Å². The summed E-state index contributed by atoms with van der Waals surface area (Å²) in [5, 5.41) is 0. The fourth-order valence-electron chi connectivity index (χ4n) is 1.50. The quantitative estimate of drug-likeness (QED) is 0.482. The zero-order valence-electron chi connectivity index (χ0n) is 11.7. The molecule has 0 N–H and O–H groups in total. The summed E-state index contributed by atoms with van der Waals surface area (Å²) in [7, 11) is 0. The van der Waals surface area contributed by atoms with Crippen LogP contribution in [0.1, 0.15) is 37.0 Å².